The van der Waals surface area contributed by atoms with Gasteiger partial charge in [-0.2, -0.15) is 26.3 Å². The van der Waals surface area contributed by atoms with E-state index >= 15 is 0 Å². The van der Waals surface area contributed by atoms with Gasteiger partial charge in [-0.05, 0) is 38.3 Å². The van der Waals surface area contributed by atoms with E-state index < -0.39 is 41.7 Å². The van der Waals surface area contributed by atoms with Crippen LogP contribution in [0.15, 0.2) is 24.3 Å². The highest BCUT2D eigenvalue weighted by atomic mass is 19.4. The number of carbonyl (C=O) groups is 1. The lowest BCUT2D eigenvalue weighted by molar-refractivity contribution is -0.163. The maximum absolute atomic E-state index is 13.7. The third-order valence-corrected chi connectivity index (χ3v) is 5.06. The number of benzene rings is 1. The summed E-state index contributed by atoms with van der Waals surface area (Å²) in [6.07, 6.45) is -9.79. The van der Waals surface area contributed by atoms with Crippen molar-refractivity contribution >= 4 is 5.97 Å². The summed E-state index contributed by atoms with van der Waals surface area (Å²) in [4.78, 5) is 16.1. The molecule has 3 rings (SSSR count). The minimum Gasteiger partial charge on any atom is -0.461 e. The van der Waals surface area contributed by atoms with E-state index in [0.29, 0.717) is 0 Å². The SMILES string of the molecule is CCOC(=O)c1nc(C2(C(F)(F)F)CC2)n(Cc2ccccc2C(F)(F)F)c1C. The van der Waals surface area contributed by atoms with Gasteiger partial charge in [-0.15, -0.1) is 0 Å². The lowest BCUT2D eigenvalue weighted by Crippen LogP contribution is -2.32. The predicted octanol–water partition coefficient (Wildman–Crippen LogP) is 5.03. The number of imidazole rings is 1. The molecule has 1 aromatic heterocycles. The molecule has 0 atom stereocenters. The Morgan fingerprint density at radius 2 is 1.79 bits per heavy atom. The molecule has 1 saturated carbocycles. The number of carbonyl (C=O) groups excluding carboxylic acids is 1. The van der Waals surface area contributed by atoms with E-state index in [2.05, 4.69) is 4.98 Å². The van der Waals surface area contributed by atoms with Crippen LogP contribution in [-0.2, 0) is 22.9 Å². The summed E-state index contributed by atoms with van der Waals surface area (Å²) >= 11 is 0. The maximum atomic E-state index is 13.7. The Balaban J connectivity index is 2.15. The fraction of sp³-hybridized carbons (Fsp3) is 0.474. The number of rotatable bonds is 5. The van der Waals surface area contributed by atoms with Crippen LogP contribution in [-0.4, -0.2) is 28.3 Å². The number of ether oxygens (including phenoxy) is 1. The summed E-state index contributed by atoms with van der Waals surface area (Å²) in [6.45, 7) is 2.37. The summed E-state index contributed by atoms with van der Waals surface area (Å²) in [5, 5.41) is 0. The summed E-state index contributed by atoms with van der Waals surface area (Å²) < 4.78 is 87.1. The van der Waals surface area contributed by atoms with Crippen LogP contribution < -0.4 is 0 Å². The fourth-order valence-electron chi connectivity index (χ4n) is 3.35. The Labute approximate surface area is 162 Å². The third-order valence-electron chi connectivity index (χ3n) is 5.06. The average Bonchev–Trinajstić information content (AvgIpc) is 3.36. The molecule has 0 N–H and O–H groups in total. The van der Waals surface area contributed by atoms with Crippen LogP contribution in [0.5, 0.6) is 0 Å². The van der Waals surface area contributed by atoms with E-state index in [1.54, 1.807) is 0 Å². The van der Waals surface area contributed by atoms with Crippen molar-refractivity contribution < 1.29 is 35.9 Å². The quantitative estimate of drug-likeness (QED) is 0.504. The van der Waals surface area contributed by atoms with Gasteiger partial charge in [-0.25, -0.2) is 9.78 Å². The molecule has 1 heterocycles. The van der Waals surface area contributed by atoms with Gasteiger partial charge in [0.05, 0.1) is 12.2 Å². The molecule has 1 aromatic carbocycles. The Morgan fingerprint density at radius 3 is 2.31 bits per heavy atom. The first kappa shape index (κ1) is 21.2. The normalized spacial score (nSPS) is 16.0. The molecule has 0 bridgehead atoms. The van der Waals surface area contributed by atoms with Crippen LogP contribution >= 0.6 is 0 Å². The van der Waals surface area contributed by atoms with Gasteiger partial charge >= 0.3 is 18.3 Å². The van der Waals surface area contributed by atoms with Crippen molar-refractivity contribution in [1.82, 2.24) is 9.55 Å². The molecule has 0 unspecified atom stereocenters. The molecule has 0 aliphatic heterocycles. The molecule has 0 radical (unpaired) electrons. The first-order valence-electron chi connectivity index (χ1n) is 8.89. The number of aromatic nitrogens is 2. The minimum absolute atomic E-state index is 0.0121. The van der Waals surface area contributed by atoms with Gasteiger partial charge in [-0.3, -0.25) is 0 Å². The zero-order valence-corrected chi connectivity index (χ0v) is 15.6. The van der Waals surface area contributed by atoms with Crippen LogP contribution in [0.1, 0.15) is 52.9 Å². The van der Waals surface area contributed by atoms with E-state index in [9.17, 15) is 31.1 Å². The number of halogens is 6. The first-order valence-corrected chi connectivity index (χ1v) is 8.89. The predicted molar refractivity (Wildman–Crippen MR) is 90.4 cm³/mol. The number of alkyl halides is 6. The molecule has 158 valence electrons. The second-order valence-corrected chi connectivity index (χ2v) is 6.91. The molecule has 0 amide bonds. The first-order chi connectivity index (χ1) is 13.4. The molecule has 1 aliphatic carbocycles. The topological polar surface area (TPSA) is 44.1 Å². The molecule has 29 heavy (non-hydrogen) atoms. The molecule has 1 fully saturated rings. The van der Waals surface area contributed by atoms with Crippen LogP contribution in [0, 0.1) is 6.92 Å². The Kier molecular flexibility index (Phi) is 5.17. The van der Waals surface area contributed by atoms with Crippen molar-refractivity contribution in [1.29, 1.82) is 0 Å². The zero-order valence-electron chi connectivity index (χ0n) is 15.6. The molecular weight excluding hydrogens is 402 g/mol. The smallest absolute Gasteiger partial charge is 0.416 e. The van der Waals surface area contributed by atoms with Crippen molar-refractivity contribution in [3.8, 4) is 0 Å². The molecular formula is C19H18F6N2O2. The van der Waals surface area contributed by atoms with E-state index in [4.69, 9.17) is 4.74 Å². The van der Waals surface area contributed by atoms with Gasteiger partial charge in [-0.1, -0.05) is 18.2 Å². The van der Waals surface area contributed by atoms with E-state index in [1.807, 2.05) is 0 Å². The lowest BCUT2D eigenvalue weighted by Gasteiger charge is -2.22. The van der Waals surface area contributed by atoms with E-state index in [1.165, 1.54) is 32.0 Å². The minimum atomic E-state index is -4.67. The standard InChI is InChI=1S/C19H18F6N2O2/c1-3-29-15(28)14-11(2)27(16(26-14)17(8-9-17)19(23,24)25)10-12-6-4-5-7-13(12)18(20,21)22/h4-7H,3,8-10H2,1-2H3. The summed E-state index contributed by atoms with van der Waals surface area (Å²) in [7, 11) is 0. The van der Waals surface area contributed by atoms with Gasteiger partial charge in [0.1, 0.15) is 11.2 Å². The average molecular weight is 420 g/mol. The van der Waals surface area contributed by atoms with Gasteiger partial charge < -0.3 is 9.30 Å². The molecule has 10 heteroatoms. The zero-order chi connectivity index (χ0) is 21.6. The number of hydrogen-bond donors (Lipinski definition) is 0. The maximum Gasteiger partial charge on any atom is 0.416 e. The summed E-state index contributed by atoms with van der Waals surface area (Å²) in [6, 6.07) is 4.64. The highest BCUT2D eigenvalue weighted by molar-refractivity contribution is 5.88. The van der Waals surface area contributed by atoms with Gasteiger partial charge in [0, 0.05) is 12.2 Å². The van der Waals surface area contributed by atoms with Gasteiger partial charge in [0.25, 0.3) is 0 Å². The van der Waals surface area contributed by atoms with Crippen LogP contribution in [0.2, 0.25) is 0 Å². The second kappa shape index (κ2) is 7.07. The van der Waals surface area contributed by atoms with Crippen LogP contribution in [0.25, 0.3) is 0 Å². The van der Waals surface area contributed by atoms with Crippen molar-refractivity contribution in [2.45, 2.75) is 51.0 Å². The monoisotopic (exact) mass is 420 g/mol. The molecule has 2 aromatic rings. The number of hydrogen-bond acceptors (Lipinski definition) is 3. The molecule has 0 spiro atoms. The van der Waals surface area contributed by atoms with Gasteiger partial charge in [0.15, 0.2) is 5.69 Å². The second-order valence-electron chi connectivity index (χ2n) is 6.91. The van der Waals surface area contributed by atoms with E-state index in [0.717, 1.165) is 10.6 Å². The van der Waals surface area contributed by atoms with Crippen molar-refractivity contribution in [3.05, 3.63) is 52.6 Å². The van der Waals surface area contributed by atoms with Crippen molar-refractivity contribution in [2.75, 3.05) is 6.61 Å². The largest absolute Gasteiger partial charge is 0.461 e. The highest BCUT2D eigenvalue weighted by Gasteiger charge is 2.67. The molecule has 0 saturated heterocycles. The van der Waals surface area contributed by atoms with Gasteiger partial charge in [0.2, 0.25) is 0 Å². The van der Waals surface area contributed by atoms with Crippen molar-refractivity contribution in [3.63, 3.8) is 0 Å². The number of esters is 1. The Bertz CT molecular complexity index is 926. The summed E-state index contributed by atoms with van der Waals surface area (Å²) in [5.41, 5.74) is -3.72. The van der Waals surface area contributed by atoms with E-state index in [-0.39, 0.29) is 36.4 Å². The van der Waals surface area contributed by atoms with Crippen LogP contribution in [0.3, 0.4) is 0 Å². The number of nitrogens with zero attached hydrogens (tertiary/aromatic N) is 2. The Hall–Kier alpha value is -2.52. The molecule has 4 nitrogen and oxygen atoms in total. The fourth-order valence-corrected chi connectivity index (χ4v) is 3.35. The Morgan fingerprint density at radius 1 is 1.17 bits per heavy atom. The summed E-state index contributed by atoms with van der Waals surface area (Å²) in [5.74, 6) is -1.37. The highest BCUT2D eigenvalue weighted by Crippen LogP contribution is 2.58. The van der Waals surface area contributed by atoms with Crippen LogP contribution in [0.4, 0.5) is 26.3 Å². The van der Waals surface area contributed by atoms with Crippen molar-refractivity contribution in [2.24, 2.45) is 0 Å². The molecule has 1 aliphatic rings. The third kappa shape index (κ3) is 3.72. The lowest BCUT2D eigenvalue weighted by atomic mass is 10.0.